The molecule has 148 valence electrons. The zero-order valence-corrected chi connectivity index (χ0v) is 18.2. The van der Waals surface area contributed by atoms with Crippen LogP contribution in [0.25, 0.3) is 21.9 Å². The molecule has 0 saturated carbocycles. The van der Waals surface area contributed by atoms with E-state index in [9.17, 15) is 0 Å². The molecule has 0 bridgehead atoms. The van der Waals surface area contributed by atoms with Crippen molar-refractivity contribution in [2.45, 2.75) is 30.7 Å². The Bertz CT molecular complexity index is 1110. The van der Waals surface area contributed by atoms with E-state index in [1.54, 1.807) is 11.3 Å². The van der Waals surface area contributed by atoms with Crippen molar-refractivity contribution in [1.82, 2.24) is 20.2 Å². The predicted molar refractivity (Wildman–Crippen MR) is 118 cm³/mol. The zero-order valence-electron chi connectivity index (χ0n) is 15.8. The molecule has 1 atom stereocenters. The Labute approximate surface area is 181 Å². The Morgan fingerprint density at radius 1 is 1.17 bits per heavy atom. The number of rotatable bonds is 6. The van der Waals surface area contributed by atoms with Crippen LogP contribution in [0.1, 0.15) is 30.7 Å². The van der Waals surface area contributed by atoms with Crippen molar-refractivity contribution in [2.24, 2.45) is 0 Å². The lowest BCUT2D eigenvalue weighted by Crippen LogP contribution is -2.04. The van der Waals surface area contributed by atoms with Gasteiger partial charge in [0.25, 0.3) is 5.89 Å². The van der Waals surface area contributed by atoms with Gasteiger partial charge in [-0.2, -0.15) is 0 Å². The summed E-state index contributed by atoms with van der Waals surface area (Å²) in [6.07, 6.45) is 0.732. The van der Waals surface area contributed by atoms with Crippen LogP contribution in [-0.4, -0.2) is 20.2 Å². The summed E-state index contributed by atoms with van der Waals surface area (Å²) in [6.45, 7) is 4.03. The van der Waals surface area contributed by atoms with Gasteiger partial charge in [0.05, 0.1) is 15.8 Å². The molecule has 9 heteroatoms. The smallest absolute Gasteiger partial charge is 0.257 e. The lowest BCUT2D eigenvalue weighted by atomic mass is 10.0. The van der Waals surface area contributed by atoms with Crippen LogP contribution in [-0.2, 0) is 6.42 Å². The third-order valence-electron chi connectivity index (χ3n) is 4.26. The van der Waals surface area contributed by atoms with Gasteiger partial charge in [-0.15, -0.1) is 21.5 Å². The normalized spacial score (nSPS) is 12.2. The van der Waals surface area contributed by atoms with Gasteiger partial charge in [-0.1, -0.05) is 48.5 Å². The first-order valence-electron chi connectivity index (χ1n) is 9.01. The van der Waals surface area contributed by atoms with Crippen LogP contribution >= 0.6 is 34.7 Å². The van der Waals surface area contributed by atoms with Crippen molar-refractivity contribution in [3.05, 3.63) is 58.4 Å². The summed E-state index contributed by atoms with van der Waals surface area (Å²) in [5.41, 5.74) is 8.99. The van der Waals surface area contributed by atoms with Crippen LogP contribution in [0.4, 0.5) is 5.82 Å². The molecule has 29 heavy (non-hydrogen) atoms. The van der Waals surface area contributed by atoms with Gasteiger partial charge in [-0.3, -0.25) is 0 Å². The molecule has 0 amide bonds. The second-order valence-corrected chi connectivity index (χ2v) is 8.95. The van der Waals surface area contributed by atoms with Crippen LogP contribution in [0.5, 0.6) is 0 Å². The largest absolute Gasteiger partial charge is 0.419 e. The van der Waals surface area contributed by atoms with Crippen molar-refractivity contribution >= 4 is 40.5 Å². The summed E-state index contributed by atoms with van der Waals surface area (Å²) in [5, 5.41) is 11.4. The number of nitrogens with zero attached hydrogens (tertiary/aromatic N) is 4. The predicted octanol–water partition coefficient (Wildman–Crippen LogP) is 5.91. The van der Waals surface area contributed by atoms with Gasteiger partial charge in [0.15, 0.2) is 5.16 Å². The number of thiophene rings is 1. The maximum absolute atomic E-state index is 6.30. The number of nitrogen functional groups attached to an aromatic ring is 1. The summed E-state index contributed by atoms with van der Waals surface area (Å²) in [4.78, 5) is 10.2. The first-order valence-corrected chi connectivity index (χ1v) is 11.1. The minimum Gasteiger partial charge on any atom is -0.419 e. The van der Waals surface area contributed by atoms with E-state index < -0.39 is 0 Å². The molecule has 0 spiro atoms. The van der Waals surface area contributed by atoms with Gasteiger partial charge in [-0.25, -0.2) is 9.97 Å². The molecule has 2 N–H and O–H groups in total. The van der Waals surface area contributed by atoms with Gasteiger partial charge in [0.2, 0.25) is 5.89 Å². The molecule has 0 aliphatic heterocycles. The topological polar surface area (TPSA) is 90.7 Å². The summed E-state index contributed by atoms with van der Waals surface area (Å²) >= 11 is 9.00. The minimum absolute atomic E-state index is 0.110. The van der Waals surface area contributed by atoms with E-state index in [0.29, 0.717) is 27.8 Å². The maximum atomic E-state index is 6.30. The van der Waals surface area contributed by atoms with Gasteiger partial charge in [0.1, 0.15) is 5.82 Å². The summed E-state index contributed by atoms with van der Waals surface area (Å²) < 4.78 is 5.82. The number of aryl methyl sites for hydroxylation is 1. The fourth-order valence-electron chi connectivity index (χ4n) is 2.85. The zero-order chi connectivity index (χ0) is 20.4. The Morgan fingerprint density at radius 3 is 2.66 bits per heavy atom. The van der Waals surface area contributed by atoms with Crippen molar-refractivity contribution in [3.8, 4) is 21.9 Å². The number of halogens is 1. The minimum atomic E-state index is -0.110. The molecule has 3 heterocycles. The average Bonchev–Trinajstić information content (AvgIpc) is 3.40. The fourth-order valence-corrected chi connectivity index (χ4v) is 4.45. The highest BCUT2D eigenvalue weighted by atomic mass is 35.5. The maximum Gasteiger partial charge on any atom is 0.257 e. The quantitative estimate of drug-likeness (QED) is 0.292. The van der Waals surface area contributed by atoms with Gasteiger partial charge in [-0.05, 0) is 42.5 Å². The van der Waals surface area contributed by atoms with Crippen molar-refractivity contribution in [3.63, 3.8) is 0 Å². The van der Waals surface area contributed by atoms with Crippen LogP contribution in [0.3, 0.4) is 0 Å². The van der Waals surface area contributed by atoms with Gasteiger partial charge in [0, 0.05) is 10.6 Å². The number of anilines is 1. The molecule has 0 fully saturated rings. The van der Waals surface area contributed by atoms with E-state index >= 15 is 0 Å². The second kappa shape index (κ2) is 8.52. The summed E-state index contributed by atoms with van der Waals surface area (Å²) in [7, 11) is 0. The van der Waals surface area contributed by atoms with Crippen molar-refractivity contribution in [2.75, 3.05) is 5.73 Å². The fraction of sp³-hybridized carbons (Fsp3) is 0.200. The Hall–Kier alpha value is -2.42. The molecule has 6 nitrogen and oxygen atoms in total. The summed E-state index contributed by atoms with van der Waals surface area (Å²) in [5.74, 6) is 1.49. The standard InChI is InChI=1S/C20H18ClN5OS2/c1-3-14-16(12-6-8-13(21)9-7-12)17(22)24-20(23-14)29-11(2)18-25-26-19(27-18)15-5-4-10-28-15/h4-11H,3H2,1-2H3,(H2,22,23,24)/t11-/m0/s1. The number of benzene rings is 1. The Kier molecular flexibility index (Phi) is 5.84. The first kappa shape index (κ1) is 19.9. The summed E-state index contributed by atoms with van der Waals surface area (Å²) in [6, 6.07) is 11.4. The monoisotopic (exact) mass is 443 g/mol. The number of thioether (sulfide) groups is 1. The van der Waals surface area contributed by atoms with E-state index in [0.717, 1.165) is 28.1 Å². The Morgan fingerprint density at radius 2 is 1.97 bits per heavy atom. The molecule has 0 aliphatic carbocycles. The Balaban J connectivity index is 1.59. The molecular formula is C20H18ClN5OS2. The van der Waals surface area contributed by atoms with Gasteiger partial charge >= 0.3 is 0 Å². The average molecular weight is 444 g/mol. The molecule has 3 aromatic heterocycles. The number of hydrogen-bond acceptors (Lipinski definition) is 8. The number of nitrogens with two attached hydrogens (primary N) is 1. The third-order valence-corrected chi connectivity index (χ3v) is 6.32. The number of hydrogen-bond donors (Lipinski definition) is 1. The van der Waals surface area contributed by atoms with E-state index in [2.05, 4.69) is 15.2 Å². The van der Waals surface area contributed by atoms with Gasteiger partial charge < -0.3 is 10.2 Å². The van der Waals surface area contributed by atoms with Crippen molar-refractivity contribution < 1.29 is 4.42 Å². The molecule has 1 aromatic carbocycles. The third kappa shape index (κ3) is 4.29. The van der Waals surface area contributed by atoms with Crippen LogP contribution in [0, 0.1) is 0 Å². The highest BCUT2D eigenvalue weighted by Gasteiger charge is 2.20. The van der Waals surface area contributed by atoms with Crippen LogP contribution < -0.4 is 5.73 Å². The number of aromatic nitrogens is 4. The van der Waals surface area contributed by atoms with Crippen molar-refractivity contribution in [1.29, 1.82) is 0 Å². The van der Waals surface area contributed by atoms with Crippen LogP contribution in [0.2, 0.25) is 5.02 Å². The molecule has 0 aliphatic rings. The lowest BCUT2D eigenvalue weighted by molar-refractivity contribution is 0.510. The highest BCUT2D eigenvalue weighted by Crippen LogP contribution is 2.37. The molecule has 0 unspecified atom stereocenters. The van der Waals surface area contributed by atoms with E-state index in [1.807, 2.05) is 55.6 Å². The van der Waals surface area contributed by atoms with E-state index in [-0.39, 0.29) is 5.25 Å². The van der Waals surface area contributed by atoms with E-state index in [4.69, 9.17) is 26.7 Å². The molecule has 0 radical (unpaired) electrons. The molecule has 4 rings (SSSR count). The first-order chi connectivity index (χ1) is 14.0. The second-order valence-electron chi connectivity index (χ2n) is 6.26. The van der Waals surface area contributed by atoms with Crippen LogP contribution in [0.15, 0.2) is 51.4 Å². The highest BCUT2D eigenvalue weighted by molar-refractivity contribution is 7.99. The lowest BCUT2D eigenvalue weighted by Gasteiger charge is -2.13. The molecule has 0 saturated heterocycles. The SMILES string of the molecule is CCc1nc(S[C@@H](C)c2nnc(-c3cccs3)o2)nc(N)c1-c1ccc(Cl)cc1. The van der Waals surface area contributed by atoms with E-state index in [1.165, 1.54) is 11.8 Å². The molecule has 4 aromatic rings. The molecular weight excluding hydrogens is 426 g/mol.